The van der Waals surface area contributed by atoms with Gasteiger partial charge in [-0.05, 0) is 23.8 Å². The van der Waals surface area contributed by atoms with E-state index in [1.165, 1.54) is 7.11 Å². The molecule has 10 heteroatoms. The van der Waals surface area contributed by atoms with Crippen molar-refractivity contribution in [2.45, 2.75) is 11.8 Å². The number of benzene rings is 1. The molecule has 9 nitrogen and oxygen atoms in total. The van der Waals surface area contributed by atoms with Crippen LogP contribution in [-0.2, 0) is 15.8 Å². The number of aromatic nitrogens is 5. The number of rotatable bonds is 7. The Bertz CT molecular complexity index is 1390. The molecule has 4 aromatic heterocycles. The Morgan fingerprint density at radius 2 is 1.78 bits per heavy atom. The van der Waals surface area contributed by atoms with Gasteiger partial charge in [0, 0.05) is 24.2 Å². The predicted molar refractivity (Wildman–Crippen MR) is 121 cm³/mol. The van der Waals surface area contributed by atoms with Crippen LogP contribution in [0, 0.1) is 0 Å². The topological polar surface area (TPSA) is 110 Å². The average molecular weight is 446 g/mol. The molecule has 0 saturated carbocycles. The van der Waals surface area contributed by atoms with Crippen LogP contribution in [0.15, 0.2) is 72.3 Å². The molecule has 0 bridgehead atoms. The fourth-order valence-electron chi connectivity index (χ4n) is 3.52. The van der Waals surface area contributed by atoms with Gasteiger partial charge in [0.25, 0.3) is 0 Å². The lowest BCUT2D eigenvalue weighted by Crippen LogP contribution is -2.00. The summed E-state index contributed by atoms with van der Waals surface area (Å²) in [6, 6.07) is 15.5. The number of anilines is 1. The molecule has 0 amide bonds. The molecule has 160 valence electrons. The first-order valence-corrected chi connectivity index (χ1v) is 10.4. The van der Waals surface area contributed by atoms with E-state index in [0.29, 0.717) is 34.8 Å². The van der Waals surface area contributed by atoms with Gasteiger partial charge in [-0.25, -0.2) is 24.8 Å². The monoisotopic (exact) mass is 446 g/mol. The molecule has 0 spiro atoms. The summed E-state index contributed by atoms with van der Waals surface area (Å²) in [7, 11) is 1.42. The van der Waals surface area contributed by atoms with Gasteiger partial charge in [0.2, 0.25) is 11.1 Å². The quantitative estimate of drug-likeness (QED) is 0.171. The Morgan fingerprint density at radius 3 is 2.62 bits per heavy atom. The van der Waals surface area contributed by atoms with Crippen molar-refractivity contribution in [2.75, 3.05) is 12.8 Å². The Morgan fingerprint density at radius 1 is 0.969 bits per heavy atom. The lowest BCUT2D eigenvalue weighted by Gasteiger charge is -2.09. The predicted octanol–water partition coefficient (Wildman–Crippen LogP) is 4.09. The number of hydrogen-bond acceptors (Lipinski definition) is 9. The zero-order chi connectivity index (χ0) is 21.9. The molecule has 0 aliphatic rings. The number of nitrogen functional groups attached to an aromatic ring is 1. The fraction of sp³-hybridized carbons (Fsp3) is 0.0909. The summed E-state index contributed by atoms with van der Waals surface area (Å²) in [5.41, 5.74) is 10.2. The van der Waals surface area contributed by atoms with E-state index in [2.05, 4.69) is 24.8 Å². The van der Waals surface area contributed by atoms with Gasteiger partial charge in [0.15, 0.2) is 5.65 Å². The zero-order valence-corrected chi connectivity index (χ0v) is 17.8. The highest BCUT2D eigenvalue weighted by Gasteiger charge is 2.21. The summed E-state index contributed by atoms with van der Waals surface area (Å²) in [5, 5.41) is 1.18. The van der Waals surface area contributed by atoms with Gasteiger partial charge < -0.3 is 10.5 Å². The van der Waals surface area contributed by atoms with Crippen LogP contribution in [0.25, 0.3) is 27.8 Å². The minimum absolute atomic E-state index is 0.317. The molecule has 0 fully saturated rings. The SMILES string of the molecule is COOSc1nccc(-c2c3c(OCc4ccccc4)ccnc3n3c(N)nccc23)n1. The van der Waals surface area contributed by atoms with Crippen molar-refractivity contribution < 1.29 is 14.0 Å². The van der Waals surface area contributed by atoms with Crippen LogP contribution in [0.3, 0.4) is 0 Å². The molecule has 1 aromatic carbocycles. The summed E-state index contributed by atoms with van der Waals surface area (Å²) < 4.78 is 12.9. The standard InChI is InChI=1S/C22H18N6O3S/c1-29-31-32-22-26-10-7-15(27-22)18-16-8-11-25-21(23)28(16)20-19(18)17(9-12-24-20)30-13-14-5-3-2-4-6-14/h2-12H,13H2,1H3,(H2,23,25). The molecule has 5 rings (SSSR count). The molecular formula is C22H18N6O3S. The van der Waals surface area contributed by atoms with Crippen LogP contribution in [-0.4, -0.2) is 31.4 Å². The Labute approximate surface area is 187 Å². The van der Waals surface area contributed by atoms with Gasteiger partial charge in [-0.15, -0.1) is 0 Å². The van der Waals surface area contributed by atoms with Crippen LogP contribution in [0.5, 0.6) is 5.75 Å². The van der Waals surface area contributed by atoms with Crippen LogP contribution in [0.4, 0.5) is 5.95 Å². The summed E-state index contributed by atoms with van der Waals surface area (Å²) >= 11 is 0.922. The molecule has 32 heavy (non-hydrogen) atoms. The first kappa shape index (κ1) is 20.2. The third kappa shape index (κ3) is 3.71. The van der Waals surface area contributed by atoms with E-state index in [9.17, 15) is 0 Å². The van der Waals surface area contributed by atoms with Crippen LogP contribution >= 0.6 is 12.0 Å². The minimum Gasteiger partial charge on any atom is -0.488 e. The maximum absolute atomic E-state index is 6.22. The van der Waals surface area contributed by atoms with Crippen molar-refractivity contribution in [1.29, 1.82) is 0 Å². The minimum atomic E-state index is 0.317. The number of nitrogens with zero attached hydrogens (tertiary/aromatic N) is 5. The Balaban J connectivity index is 1.70. The van der Waals surface area contributed by atoms with Crippen molar-refractivity contribution in [1.82, 2.24) is 24.3 Å². The molecule has 5 aromatic rings. The first-order valence-electron chi connectivity index (χ1n) is 9.67. The second-order valence-corrected chi connectivity index (χ2v) is 7.39. The number of pyridine rings is 1. The van der Waals surface area contributed by atoms with Crippen LogP contribution in [0.1, 0.15) is 5.56 Å². The molecule has 4 heterocycles. The summed E-state index contributed by atoms with van der Waals surface area (Å²) in [4.78, 5) is 22.3. The average Bonchev–Trinajstić information content (AvgIpc) is 3.18. The Hall–Kier alpha value is -3.73. The van der Waals surface area contributed by atoms with E-state index in [-0.39, 0.29) is 0 Å². The molecule has 0 aliphatic heterocycles. The van der Waals surface area contributed by atoms with Crippen molar-refractivity contribution >= 4 is 34.5 Å². The number of fused-ring (bicyclic) bond motifs is 3. The van der Waals surface area contributed by atoms with Crippen molar-refractivity contribution in [3.05, 3.63) is 72.7 Å². The maximum Gasteiger partial charge on any atom is 0.218 e. The van der Waals surface area contributed by atoms with Crippen molar-refractivity contribution in [3.8, 4) is 17.0 Å². The largest absolute Gasteiger partial charge is 0.488 e. The van der Waals surface area contributed by atoms with E-state index < -0.39 is 0 Å². The van der Waals surface area contributed by atoms with Gasteiger partial charge in [-0.3, -0.25) is 4.40 Å². The zero-order valence-electron chi connectivity index (χ0n) is 17.0. The van der Waals surface area contributed by atoms with E-state index in [1.54, 1.807) is 23.0 Å². The van der Waals surface area contributed by atoms with E-state index in [0.717, 1.165) is 34.1 Å². The summed E-state index contributed by atoms with van der Waals surface area (Å²) in [6.45, 7) is 0.409. The van der Waals surface area contributed by atoms with Gasteiger partial charge in [-0.2, -0.15) is 4.33 Å². The molecule has 2 N–H and O–H groups in total. The lowest BCUT2D eigenvalue weighted by molar-refractivity contribution is -0.160. The highest BCUT2D eigenvalue weighted by atomic mass is 32.2. The fourth-order valence-corrected chi connectivity index (χ4v) is 3.89. The second-order valence-electron chi connectivity index (χ2n) is 6.72. The van der Waals surface area contributed by atoms with E-state index in [1.807, 2.05) is 48.5 Å². The highest BCUT2D eigenvalue weighted by Crippen LogP contribution is 2.40. The van der Waals surface area contributed by atoms with Gasteiger partial charge in [0.05, 0.1) is 23.7 Å². The van der Waals surface area contributed by atoms with Gasteiger partial charge in [0.1, 0.15) is 24.4 Å². The van der Waals surface area contributed by atoms with Crippen molar-refractivity contribution in [3.63, 3.8) is 0 Å². The third-order valence-corrected chi connectivity index (χ3v) is 5.37. The molecular weight excluding hydrogens is 428 g/mol. The highest BCUT2D eigenvalue weighted by molar-refractivity contribution is 7.94. The summed E-state index contributed by atoms with van der Waals surface area (Å²) in [6.07, 6.45) is 5.01. The lowest BCUT2D eigenvalue weighted by atomic mass is 10.1. The normalized spacial score (nSPS) is 11.3. The van der Waals surface area contributed by atoms with Gasteiger partial charge >= 0.3 is 0 Å². The number of nitrogens with two attached hydrogens (primary N) is 1. The van der Waals surface area contributed by atoms with Crippen molar-refractivity contribution in [2.24, 2.45) is 0 Å². The van der Waals surface area contributed by atoms with E-state index >= 15 is 0 Å². The maximum atomic E-state index is 6.22. The molecule has 0 atom stereocenters. The molecule has 0 radical (unpaired) electrons. The second kappa shape index (κ2) is 8.79. The van der Waals surface area contributed by atoms with Crippen LogP contribution in [0.2, 0.25) is 0 Å². The first-order chi connectivity index (χ1) is 15.8. The molecule has 0 aliphatic carbocycles. The smallest absolute Gasteiger partial charge is 0.218 e. The van der Waals surface area contributed by atoms with E-state index in [4.69, 9.17) is 14.8 Å². The number of hydrogen-bond donors (Lipinski definition) is 1. The third-order valence-electron chi connectivity index (χ3n) is 4.82. The van der Waals surface area contributed by atoms with Crippen LogP contribution < -0.4 is 10.5 Å². The molecule has 0 unspecified atom stereocenters. The Kier molecular flexibility index (Phi) is 5.55. The molecule has 0 saturated heterocycles. The van der Waals surface area contributed by atoms with Gasteiger partial charge in [-0.1, -0.05) is 30.3 Å². The number of ether oxygens (including phenoxy) is 1. The summed E-state index contributed by atoms with van der Waals surface area (Å²) in [5.74, 6) is 0.982.